The van der Waals surface area contributed by atoms with E-state index in [-0.39, 0.29) is 12.2 Å². The first kappa shape index (κ1) is 12.7. The minimum absolute atomic E-state index is 0.262. The number of halogens is 1. The van der Waals surface area contributed by atoms with Crippen molar-refractivity contribution >= 4 is 17.3 Å². The Balaban J connectivity index is 1.97. The minimum atomic E-state index is -1.27. The summed E-state index contributed by atoms with van der Waals surface area (Å²) < 4.78 is 18.6. The summed E-state index contributed by atoms with van der Waals surface area (Å²) >= 11 is 1.59. The summed E-state index contributed by atoms with van der Waals surface area (Å²) in [6.07, 6.45) is 0. The number of ether oxygens (including phenoxy) is 1. The van der Waals surface area contributed by atoms with E-state index in [9.17, 15) is 9.18 Å². The van der Waals surface area contributed by atoms with Crippen LogP contribution in [0.4, 0.5) is 4.39 Å². The number of carbonyl (C=O) groups is 1. The fourth-order valence-electron chi connectivity index (χ4n) is 1.49. The van der Waals surface area contributed by atoms with Crippen LogP contribution in [0.5, 0.6) is 0 Å². The van der Waals surface area contributed by atoms with Gasteiger partial charge < -0.3 is 9.84 Å². The third kappa shape index (κ3) is 3.15. The van der Waals surface area contributed by atoms with Crippen LogP contribution in [-0.2, 0) is 18.0 Å². The Morgan fingerprint density at radius 3 is 2.83 bits per heavy atom. The highest BCUT2D eigenvalue weighted by molar-refractivity contribution is 7.09. The van der Waals surface area contributed by atoms with Gasteiger partial charge in [-0.2, -0.15) is 0 Å². The molecule has 0 saturated carbocycles. The van der Waals surface area contributed by atoms with E-state index in [0.717, 1.165) is 10.9 Å². The number of hydrogen-bond donors (Lipinski definition) is 1. The van der Waals surface area contributed by atoms with Crippen LogP contribution >= 0.6 is 11.3 Å². The lowest BCUT2D eigenvalue weighted by Crippen LogP contribution is -2.02. The number of hydrogen-bond acceptors (Lipinski definition) is 3. The fourth-order valence-corrected chi connectivity index (χ4v) is 2.13. The van der Waals surface area contributed by atoms with Gasteiger partial charge in [-0.1, -0.05) is 12.1 Å². The van der Waals surface area contributed by atoms with Crippen LogP contribution in [0, 0.1) is 5.82 Å². The molecule has 1 heterocycles. The quantitative estimate of drug-likeness (QED) is 0.903. The summed E-state index contributed by atoms with van der Waals surface area (Å²) in [5.41, 5.74) is 0.317. The molecule has 2 rings (SSSR count). The lowest BCUT2D eigenvalue weighted by Gasteiger charge is -2.05. The van der Waals surface area contributed by atoms with E-state index in [4.69, 9.17) is 9.84 Å². The molecule has 0 fully saturated rings. The molecule has 0 aliphatic rings. The second kappa shape index (κ2) is 5.75. The zero-order chi connectivity index (χ0) is 13.0. The predicted octanol–water partition coefficient (Wildman–Crippen LogP) is 3.30. The first-order valence-electron chi connectivity index (χ1n) is 5.28. The lowest BCUT2D eigenvalue weighted by atomic mass is 10.1. The molecule has 0 unspecified atom stereocenters. The molecular formula is C13H11FO3S. The molecule has 0 bridgehead atoms. The first-order valence-corrected chi connectivity index (χ1v) is 6.16. The molecule has 0 atom stereocenters. The number of rotatable bonds is 5. The van der Waals surface area contributed by atoms with E-state index in [0.29, 0.717) is 12.2 Å². The van der Waals surface area contributed by atoms with Crippen molar-refractivity contribution < 1.29 is 19.0 Å². The molecule has 1 aromatic heterocycles. The zero-order valence-corrected chi connectivity index (χ0v) is 10.2. The molecule has 0 saturated heterocycles. The largest absolute Gasteiger partial charge is 0.478 e. The summed E-state index contributed by atoms with van der Waals surface area (Å²) in [6.45, 7) is 0.732. The molecule has 0 radical (unpaired) electrons. The summed E-state index contributed by atoms with van der Waals surface area (Å²) in [4.78, 5) is 11.8. The van der Waals surface area contributed by atoms with Gasteiger partial charge in [0.15, 0.2) is 0 Å². The van der Waals surface area contributed by atoms with Gasteiger partial charge in [-0.25, -0.2) is 9.18 Å². The van der Waals surface area contributed by atoms with Crippen molar-refractivity contribution in [1.82, 2.24) is 0 Å². The maximum atomic E-state index is 13.1. The van der Waals surface area contributed by atoms with Crippen LogP contribution in [0.15, 0.2) is 35.7 Å². The molecule has 18 heavy (non-hydrogen) atoms. The number of carboxylic acids is 1. The molecule has 1 N–H and O–H groups in total. The second-order valence-electron chi connectivity index (χ2n) is 3.69. The summed E-state index contributed by atoms with van der Waals surface area (Å²) in [7, 11) is 0. The van der Waals surface area contributed by atoms with E-state index >= 15 is 0 Å². The summed E-state index contributed by atoms with van der Waals surface area (Å²) in [5.74, 6) is -2.00. The van der Waals surface area contributed by atoms with Crippen molar-refractivity contribution in [2.24, 2.45) is 0 Å². The Labute approximate surface area is 107 Å². The smallest absolute Gasteiger partial charge is 0.338 e. The Bertz CT molecular complexity index is 537. The van der Waals surface area contributed by atoms with Gasteiger partial charge in [0.1, 0.15) is 5.82 Å². The normalized spacial score (nSPS) is 10.5. The van der Waals surface area contributed by atoms with E-state index in [2.05, 4.69) is 0 Å². The first-order chi connectivity index (χ1) is 8.66. The molecule has 5 heteroatoms. The van der Waals surface area contributed by atoms with Crippen molar-refractivity contribution in [2.45, 2.75) is 13.2 Å². The highest BCUT2D eigenvalue weighted by Gasteiger charge is 2.10. The van der Waals surface area contributed by atoms with Gasteiger partial charge in [0, 0.05) is 4.88 Å². The second-order valence-corrected chi connectivity index (χ2v) is 4.72. The van der Waals surface area contributed by atoms with Crippen molar-refractivity contribution in [3.63, 3.8) is 0 Å². The Hall–Kier alpha value is -1.72. The van der Waals surface area contributed by atoms with Gasteiger partial charge in [0.2, 0.25) is 0 Å². The van der Waals surface area contributed by atoms with Gasteiger partial charge >= 0.3 is 5.97 Å². The van der Waals surface area contributed by atoms with E-state index in [1.165, 1.54) is 12.1 Å². The van der Waals surface area contributed by atoms with Crippen LogP contribution in [0.3, 0.4) is 0 Å². The molecule has 2 aromatic rings. The Morgan fingerprint density at radius 1 is 1.33 bits per heavy atom. The monoisotopic (exact) mass is 266 g/mol. The van der Waals surface area contributed by atoms with Gasteiger partial charge in [-0.15, -0.1) is 11.3 Å². The number of benzene rings is 1. The minimum Gasteiger partial charge on any atom is -0.478 e. The molecule has 0 amide bonds. The highest BCUT2D eigenvalue weighted by Crippen LogP contribution is 2.14. The predicted molar refractivity (Wildman–Crippen MR) is 66.2 cm³/mol. The summed E-state index contributed by atoms with van der Waals surface area (Å²) in [5, 5.41) is 10.7. The number of thiophene rings is 1. The molecule has 0 aliphatic heterocycles. The molecular weight excluding hydrogens is 255 g/mol. The SMILES string of the molecule is O=C(O)c1cc(COCc2cccs2)ccc1F. The molecule has 94 valence electrons. The molecule has 0 spiro atoms. The highest BCUT2D eigenvalue weighted by atomic mass is 32.1. The standard InChI is InChI=1S/C13H11FO3S/c14-12-4-3-9(6-11(12)13(15)16)7-17-8-10-2-1-5-18-10/h1-6H,7-8H2,(H,15,16). The molecule has 3 nitrogen and oxygen atoms in total. The fraction of sp³-hybridized carbons (Fsp3) is 0.154. The van der Waals surface area contributed by atoms with Crippen molar-refractivity contribution in [1.29, 1.82) is 0 Å². The average molecular weight is 266 g/mol. The van der Waals surface area contributed by atoms with Gasteiger partial charge in [0.25, 0.3) is 0 Å². The Kier molecular flexibility index (Phi) is 4.07. The van der Waals surface area contributed by atoms with E-state index in [1.807, 2.05) is 17.5 Å². The van der Waals surface area contributed by atoms with Crippen LogP contribution in [0.2, 0.25) is 0 Å². The van der Waals surface area contributed by atoms with Crippen LogP contribution in [0.1, 0.15) is 20.8 Å². The summed E-state index contributed by atoms with van der Waals surface area (Å²) in [6, 6.07) is 7.86. The maximum absolute atomic E-state index is 13.1. The van der Waals surface area contributed by atoms with E-state index < -0.39 is 11.8 Å². The Morgan fingerprint density at radius 2 is 2.17 bits per heavy atom. The van der Waals surface area contributed by atoms with Gasteiger partial charge in [-0.05, 0) is 29.1 Å². The number of carboxylic acid groups (broad SMARTS) is 1. The number of aromatic carboxylic acids is 1. The van der Waals surface area contributed by atoms with Crippen molar-refractivity contribution in [3.8, 4) is 0 Å². The van der Waals surface area contributed by atoms with Gasteiger partial charge in [-0.3, -0.25) is 0 Å². The zero-order valence-electron chi connectivity index (χ0n) is 9.43. The average Bonchev–Trinajstić information content (AvgIpc) is 2.84. The van der Waals surface area contributed by atoms with E-state index in [1.54, 1.807) is 11.3 Å². The maximum Gasteiger partial charge on any atom is 0.338 e. The van der Waals surface area contributed by atoms with Gasteiger partial charge in [0.05, 0.1) is 18.8 Å². The van der Waals surface area contributed by atoms with Crippen LogP contribution < -0.4 is 0 Å². The lowest BCUT2D eigenvalue weighted by molar-refractivity contribution is 0.0691. The molecule has 1 aromatic carbocycles. The van der Waals surface area contributed by atoms with Crippen molar-refractivity contribution in [3.05, 3.63) is 57.5 Å². The topological polar surface area (TPSA) is 46.5 Å². The third-order valence-electron chi connectivity index (χ3n) is 2.35. The van der Waals surface area contributed by atoms with Crippen LogP contribution in [-0.4, -0.2) is 11.1 Å². The third-order valence-corrected chi connectivity index (χ3v) is 3.20. The van der Waals surface area contributed by atoms with Crippen molar-refractivity contribution in [2.75, 3.05) is 0 Å². The molecule has 0 aliphatic carbocycles. The van der Waals surface area contributed by atoms with Crippen LogP contribution in [0.25, 0.3) is 0 Å².